The molecule has 2 aliphatic rings. The van der Waals surface area contributed by atoms with Crippen LogP contribution >= 0.6 is 0 Å². The molecular weight excluding hydrogens is 467 g/mol. The van der Waals surface area contributed by atoms with Gasteiger partial charge in [-0.05, 0) is 0 Å². The lowest BCUT2D eigenvalue weighted by Gasteiger charge is -2.31. The van der Waals surface area contributed by atoms with E-state index in [9.17, 15) is 4.39 Å². The van der Waals surface area contributed by atoms with Crippen molar-refractivity contribution in [2.45, 2.75) is 38.7 Å². The topological polar surface area (TPSA) is 141 Å². The van der Waals surface area contributed by atoms with Crippen LogP contribution in [0, 0.1) is 0 Å². The first kappa shape index (κ1) is 26.5. The van der Waals surface area contributed by atoms with Crippen molar-refractivity contribution >= 4 is 17.4 Å². The maximum absolute atomic E-state index is 14.9. The van der Waals surface area contributed by atoms with Gasteiger partial charge in [0.05, 0.1) is 12.7 Å². The third kappa shape index (κ3) is 5.75. The highest BCUT2D eigenvalue weighted by Gasteiger charge is 2.34. The molecule has 4 N–H and O–H groups in total. The average molecular weight is 501 g/mol. The van der Waals surface area contributed by atoms with E-state index >= 15 is 0 Å². The van der Waals surface area contributed by atoms with Crippen molar-refractivity contribution in [1.82, 2.24) is 15.1 Å². The van der Waals surface area contributed by atoms with Gasteiger partial charge in [0.25, 0.3) is 0 Å². The van der Waals surface area contributed by atoms with E-state index in [0.717, 1.165) is 12.3 Å². The molecule has 0 aromatic carbocycles. The third-order valence-electron chi connectivity index (χ3n) is 5.66. The van der Waals surface area contributed by atoms with Gasteiger partial charge in [0, 0.05) is 57.4 Å². The summed E-state index contributed by atoms with van der Waals surface area (Å²) in [5.41, 5.74) is 12.9. The Morgan fingerprint density at radius 1 is 1.33 bits per heavy atom. The zero-order chi connectivity index (χ0) is 26.4. The van der Waals surface area contributed by atoms with Gasteiger partial charge in [-0.25, -0.2) is 4.39 Å². The van der Waals surface area contributed by atoms with E-state index in [2.05, 4.69) is 33.4 Å². The smallest absolute Gasteiger partial charge is 0.324 e. The summed E-state index contributed by atoms with van der Waals surface area (Å²) in [6.07, 6.45) is 4.73. The number of methoxy groups -OCH3 is 1. The van der Waals surface area contributed by atoms with Crippen molar-refractivity contribution < 1.29 is 18.4 Å². The summed E-state index contributed by atoms with van der Waals surface area (Å²) in [5, 5.41) is 9.89. The molecule has 2 aliphatic heterocycles. The van der Waals surface area contributed by atoms with Crippen LogP contribution in [0.1, 0.15) is 38.4 Å². The Balaban J connectivity index is 1.76. The molecule has 0 spiro atoms. The molecule has 0 atom stereocenters. The molecule has 1 saturated heterocycles. The number of anilines is 1. The molecule has 0 radical (unpaired) electrons. The quantitative estimate of drug-likeness (QED) is 0.386. The highest BCUT2D eigenvalue weighted by Crippen LogP contribution is 2.28. The normalized spacial score (nSPS) is 20.2. The van der Waals surface area contributed by atoms with Crippen LogP contribution in [-0.4, -0.2) is 59.9 Å². The molecule has 1 fully saturated rings. The van der Waals surface area contributed by atoms with Crippen LogP contribution in [0.25, 0.3) is 0 Å². The zero-order valence-electron chi connectivity index (χ0n) is 21.1. The molecule has 1 aromatic heterocycles. The number of hydrogen-bond acceptors (Lipinski definition) is 11. The number of aliphatic imine (C=N–C) groups is 1. The number of rotatable bonds is 9. The minimum atomic E-state index is -0.692. The number of nitrogens with two attached hydrogens (primary N) is 2. The van der Waals surface area contributed by atoms with E-state index in [1.807, 2.05) is 18.7 Å². The van der Waals surface area contributed by atoms with Crippen molar-refractivity contribution in [2.75, 3.05) is 32.1 Å². The molecule has 194 valence electrons. The number of nitrogens with zero attached hydrogens (tertiary/aromatic N) is 6. The fourth-order valence-electron chi connectivity index (χ4n) is 3.72. The first-order valence-electron chi connectivity index (χ1n) is 11.5. The molecule has 36 heavy (non-hydrogen) atoms. The molecule has 11 nitrogen and oxygen atoms in total. The molecule has 3 rings (SSSR count). The van der Waals surface area contributed by atoms with Crippen LogP contribution in [0.2, 0.25) is 0 Å². The molecule has 12 heteroatoms. The van der Waals surface area contributed by atoms with Crippen LogP contribution in [0.15, 0.2) is 75.0 Å². The van der Waals surface area contributed by atoms with Gasteiger partial charge in [-0.3, -0.25) is 10.0 Å². The fourth-order valence-corrected chi connectivity index (χ4v) is 3.72. The highest BCUT2D eigenvalue weighted by molar-refractivity contribution is 6.55. The van der Waals surface area contributed by atoms with Crippen molar-refractivity contribution in [3.8, 4) is 0 Å². The van der Waals surface area contributed by atoms with Crippen molar-refractivity contribution in [3.05, 3.63) is 66.2 Å². The lowest BCUT2D eigenvalue weighted by atomic mass is 10.0. The van der Waals surface area contributed by atoms with Gasteiger partial charge in [-0.1, -0.05) is 32.2 Å². The Morgan fingerprint density at radius 2 is 2.03 bits per heavy atom. The van der Waals surface area contributed by atoms with Gasteiger partial charge in [0.2, 0.25) is 5.88 Å². The molecule has 0 amide bonds. The molecular formula is C24H33FN8O3. The lowest BCUT2D eigenvalue weighted by molar-refractivity contribution is 0.0861. The second-order valence-corrected chi connectivity index (χ2v) is 8.48. The summed E-state index contributed by atoms with van der Waals surface area (Å²) in [6, 6.07) is 0.504. The molecule has 1 aromatic rings. The molecule has 0 unspecified atom stereocenters. The van der Waals surface area contributed by atoms with E-state index in [1.165, 1.54) is 18.3 Å². The number of aromatic nitrogens is 2. The van der Waals surface area contributed by atoms with Crippen LogP contribution in [-0.2, 0) is 9.47 Å². The SMILES string of the molecule is C=C/N=C1/C(C(=C/N)/C(F)=C\C(=C)OC)=NN(C)/C1=C(/N)OC1CCN(c2nc(C(C)C)no2)CC1. The zero-order valence-corrected chi connectivity index (χ0v) is 21.1. The summed E-state index contributed by atoms with van der Waals surface area (Å²) in [6.45, 7) is 12.6. The van der Waals surface area contributed by atoms with Crippen LogP contribution in [0.3, 0.4) is 0 Å². The Labute approximate surface area is 210 Å². The van der Waals surface area contributed by atoms with Gasteiger partial charge >= 0.3 is 6.01 Å². The summed E-state index contributed by atoms with van der Waals surface area (Å²) < 4.78 is 31.3. The summed E-state index contributed by atoms with van der Waals surface area (Å²) in [5.74, 6) is 0.400. The minimum Gasteiger partial charge on any atom is -0.497 e. The van der Waals surface area contributed by atoms with E-state index in [1.54, 1.807) is 7.05 Å². The number of allylic oxidation sites excluding steroid dienone is 4. The molecule has 0 aliphatic carbocycles. The van der Waals surface area contributed by atoms with Gasteiger partial charge in [0.1, 0.15) is 34.8 Å². The first-order valence-corrected chi connectivity index (χ1v) is 11.5. The molecule has 3 heterocycles. The van der Waals surface area contributed by atoms with Crippen molar-refractivity contribution in [3.63, 3.8) is 0 Å². The van der Waals surface area contributed by atoms with E-state index < -0.39 is 5.83 Å². The summed E-state index contributed by atoms with van der Waals surface area (Å²) >= 11 is 0. The maximum Gasteiger partial charge on any atom is 0.324 e. The average Bonchev–Trinajstić information content (AvgIpc) is 3.46. The van der Waals surface area contributed by atoms with Crippen LogP contribution in [0.5, 0.6) is 0 Å². The second-order valence-electron chi connectivity index (χ2n) is 8.48. The van der Waals surface area contributed by atoms with E-state index in [-0.39, 0.29) is 40.7 Å². The predicted molar refractivity (Wildman–Crippen MR) is 136 cm³/mol. The van der Waals surface area contributed by atoms with Gasteiger partial charge in [-0.15, -0.1) is 0 Å². The van der Waals surface area contributed by atoms with Crippen molar-refractivity contribution in [1.29, 1.82) is 0 Å². The third-order valence-corrected chi connectivity index (χ3v) is 5.66. The monoisotopic (exact) mass is 500 g/mol. The van der Waals surface area contributed by atoms with Gasteiger partial charge < -0.3 is 30.4 Å². The van der Waals surface area contributed by atoms with Crippen molar-refractivity contribution in [2.24, 2.45) is 21.6 Å². The second kappa shape index (κ2) is 11.6. The maximum atomic E-state index is 14.9. The largest absolute Gasteiger partial charge is 0.497 e. The number of hydrazone groups is 1. The van der Waals surface area contributed by atoms with Gasteiger partial charge in [0.15, 0.2) is 5.82 Å². The van der Waals surface area contributed by atoms with Crippen LogP contribution < -0.4 is 16.4 Å². The Kier molecular flexibility index (Phi) is 8.51. The molecule has 0 saturated carbocycles. The predicted octanol–water partition coefficient (Wildman–Crippen LogP) is 3.05. The first-order chi connectivity index (χ1) is 17.2. The number of piperidine rings is 1. The number of hydrogen-bond donors (Lipinski definition) is 2. The lowest BCUT2D eigenvalue weighted by Crippen LogP contribution is -2.38. The van der Waals surface area contributed by atoms with Gasteiger partial charge in [-0.2, -0.15) is 10.1 Å². The summed E-state index contributed by atoms with van der Waals surface area (Å²) in [7, 11) is 3.04. The Hall–Kier alpha value is -4.09. The van der Waals surface area contributed by atoms with E-state index in [4.69, 9.17) is 25.5 Å². The summed E-state index contributed by atoms with van der Waals surface area (Å²) in [4.78, 5) is 10.8. The molecule has 0 bridgehead atoms. The number of halogens is 1. The minimum absolute atomic E-state index is 0.00270. The highest BCUT2D eigenvalue weighted by atomic mass is 19.1. The van der Waals surface area contributed by atoms with Crippen LogP contribution in [0.4, 0.5) is 10.4 Å². The Bertz CT molecular complexity index is 1140. The van der Waals surface area contributed by atoms with E-state index in [0.29, 0.717) is 43.5 Å². The fraction of sp³-hybridized carbons (Fsp3) is 0.417. The standard InChI is InChI=1S/C24H33FN8O3/c1-7-28-20-19(17(13-26)18(25)12-15(4)34-6)30-32(5)21(20)22(27)35-16-8-10-33(11-9-16)24-29-23(14(2)3)31-36-24/h7,12-14,16H,1,4,8-11,26-27H2,2-3,5-6H3/b17-13+,18-12+,22-21-,28-20-. The number of ether oxygens (including phenoxy) is 2. The Morgan fingerprint density at radius 3 is 2.58 bits per heavy atom.